The zero-order chi connectivity index (χ0) is 20.3. The highest BCUT2D eigenvalue weighted by Gasteiger charge is 2.25. The Labute approximate surface area is 163 Å². The molecule has 10 heteroatoms. The van der Waals surface area contributed by atoms with Gasteiger partial charge in [-0.25, -0.2) is 4.98 Å². The Morgan fingerprint density at radius 2 is 1.96 bits per heavy atom. The summed E-state index contributed by atoms with van der Waals surface area (Å²) >= 11 is 0. The monoisotopic (exact) mass is 387 g/mol. The number of carbonyl (C=O) groups is 1. The zero-order valence-electron chi connectivity index (χ0n) is 16.3. The third-order valence-corrected chi connectivity index (χ3v) is 4.93. The van der Waals surface area contributed by atoms with Crippen LogP contribution < -0.4 is 15.5 Å². The molecule has 0 spiro atoms. The standard InChI is InChI=1S/C18H25N7O3/c1-23(2)16-8-9-19-18(22-16)21-13-6-4-12(5-7-13)20-17(26)15-10-14(25(27)28)11-24(15)3/h8-13H,4-7H2,1-3H3,(H,20,26)(H,19,21,22). The van der Waals surface area contributed by atoms with Crippen LogP contribution in [0.15, 0.2) is 24.5 Å². The molecule has 0 aromatic carbocycles. The van der Waals surface area contributed by atoms with Gasteiger partial charge in [0.05, 0.1) is 11.1 Å². The van der Waals surface area contributed by atoms with Crippen LogP contribution in [0.2, 0.25) is 0 Å². The van der Waals surface area contributed by atoms with Crippen LogP contribution in [-0.4, -0.2) is 51.5 Å². The van der Waals surface area contributed by atoms with Gasteiger partial charge < -0.3 is 20.1 Å². The Balaban J connectivity index is 1.52. The molecule has 2 N–H and O–H groups in total. The molecule has 2 aromatic rings. The smallest absolute Gasteiger partial charge is 0.287 e. The summed E-state index contributed by atoms with van der Waals surface area (Å²) in [6.07, 6.45) is 6.49. The highest BCUT2D eigenvalue weighted by Crippen LogP contribution is 2.23. The highest BCUT2D eigenvalue weighted by atomic mass is 16.6. The predicted molar refractivity (Wildman–Crippen MR) is 106 cm³/mol. The fourth-order valence-electron chi connectivity index (χ4n) is 3.36. The lowest BCUT2D eigenvalue weighted by atomic mass is 9.91. The molecule has 10 nitrogen and oxygen atoms in total. The second kappa shape index (κ2) is 8.24. The molecule has 28 heavy (non-hydrogen) atoms. The molecule has 1 aliphatic carbocycles. The van der Waals surface area contributed by atoms with E-state index in [4.69, 9.17) is 0 Å². The molecular weight excluding hydrogens is 362 g/mol. The molecule has 0 aliphatic heterocycles. The van der Waals surface area contributed by atoms with E-state index in [1.54, 1.807) is 13.2 Å². The number of rotatable bonds is 6. The quantitative estimate of drug-likeness (QED) is 0.574. The SMILES string of the molecule is CN(C)c1ccnc(NC2CCC(NC(=O)c3cc([N+](=O)[O-])cn3C)CC2)n1. The number of nitrogens with one attached hydrogen (secondary N) is 2. The molecule has 2 heterocycles. The lowest BCUT2D eigenvalue weighted by molar-refractivity contribution is -0.384. The predicted octanol–water partition coefficient (Wildman–Crippen LogP) is 1.94. The van der Waals surface area contributed by atoms with Gasteiger partial charge in [-0.3, -0.25) is 14.9 Å². The van der Waals surface area contributed by atoms with Gasteiger partial charge >= 0.3 is 0 Å². The Bertz CT molecular complexity index is 857. The number of amides is 1. The fraction of sp³-hybridized carbons (Fsp3) is 0.500. The molecule has 0 radical (unpaired) electrons. The largest absolute Gasteiger partial charge is 0.363 e. The third-order valence-electron chi connectivity index (χ3n) is 4.93. The van der Waals surface area contributed by atoms with Crippen LogP contribution in [0.3, 0.4) is 0 Å². The van der Waals surface area contributed by atoms with Crippen molar-refractivity contribution in [2.45, 2.75) is 37.8 Å². The van der Waals surface area contributed by atoms with Crippen LogP contribution in [0.5, 0.6) is 0 Å². The van der Waals surface area contributed by atoms with Crippen molar-refractivity contribution < 1.29 is 9.72 Å². The molecule has 3 rings (SSSR count). The molecular formula is C18H25N7O3. The van der Waals surface area contributed by atoms with Gasteiger partial charge in [0.25, 0.3) is 11.6 Å². The molecule has 0 bridgehead atoms. The van der Waals surface area contributed by atoms with E-state index in [0.29, 0.717) is 11.6 Å². The van der Waals surface area contributed by atoms with Gasteiger partial charge in [0.15, 0.2) is 0 Å². The molecule has 1 aliphatic rings. The third kappa shape index (κ3) is 4.56. The van der Waals surface area contributed by atoms with E-state index < -0.39 is 4.92 Å². The minimum absolute atomic E-state index is 0.0496. The van der Waals surface area contributed by atoms with Crippen LogP contribution in [0.25, 0.3) is 0 Å². The van der Waals surface area contributed by atoms with Gasteiger partial charge in [0.2, 0.25) is 5.95 Å². The maximum Gasteiger partial charge on any atom is 0.287 e. The van der Waals surface area contributed by atoms with Crippen LogP contribution in [0.1, 0.15) is 36.2 Å². The molecule has 1 amide bonds. The van der Waals surface area contributed by atoms with Crippen LogP contribution in [-0.2, 0) is 7.05 Å². The second-order valence-electron chi connectivity index (χ2n) is 7.25. The van der Waals surface area contributed by atoms with E-state index in [0.717, 1.165) is 31.5 Å². The summed E-state index contributed by atoms with van der Waals surface area (Å²) in [5.74, 6) is 1.17. The summed E-state index contributed by atoms with van der Waals surface area (Å²) in [5, 5.41) is 17.2. The van der Waals surface area contributed by atoms with E-state index in [1.807, 2.05) is 25.1 Å². The van der Waals surface area contributed by atoms with Gasteiger partial charge in [-0.05, 0) is 31.7 Å². The molecule has 0 atom stereocenters. The summed E-state index contributed by atoms with van der Waals surface area (Å²) in [7, 11) is 5.49. The first kappa shape index (κ1) is 19.6. The summed E-state index contributed by atoms with van der Waals surface area (Å²) < 4.78 is 1.48. The average molecular weight is 387 g/mol. The van der Waals surface area contributed by atoms with Gasteiger partial charge in [-0.2, -0.15) is 4.98 Å². The van der Waals surface area contributed by atoms with E-state index >= 15 is 0 Å². The molecule has 1 fully saturated rings. The molecule has 1 saturated carbocycles. The summed E-state index contributed by atoms with van der Waals surface area (Å²) in [6, 6.07) is 3.46. The van der Waals surface area contributed by atoms with Crippen LogP contribution >= 0.6 is 0 Å². The van der Waals surface area contributed by atoms with Crippen molar-refractivity contribution >= 4 is 23.4 Å². The second-order valence-corrected chi connectivity index (χ2v) is 7.25. The maximum atomic E-state index is 12.4. The van der Waals surface area contributed by atoms with Crippen molar-refractivity contribution in [3.8, 4) is 0 Å². The van der Waals surface area contributed by atoms with Gasteiger partial charge in [0, 0.05) is 45.5 Å². The number of hydrogen-bond acceptors (Lipinski definition) is 7. The van der Waals surface area contributed by atoms with E-state index in [1.165, 1.54) is 16.8 Å². The lowest BCUT2D eigenvalue weighted by Crippen LogP contribution is -2.40. The number of nitro groups is 1. The molecule has 2 aromatic heterocycles. The Morgan fingerprint density at radius 1 is 1.29 bits per heavy atom. The Morgan fingerprint density at radius 3 is 2.57 bits per heavy atom. The van der Waals surface area contributed by atoms with Crippen molar-refractivity contribution in [1.82, 2.24) is 19.9 Å². The number of carbonyl (C=O) groups excluding carboxylic acids is 1. The van der Waals surface area contributed by atoms with Crippen molar-refractivity contribution in [2.75, 3.05) is 24.3 Å². The first-order chi connectivity index (χ1) is 13.3. The zero-order valence-corrected chi connectivity index (χ0v) is 16.3. The first-order valence-electron chi connectivity index (χ1n) is 9.22. The highest BCUT2D eigenvalue weighted by molar-refractivity contribution is 5.93. The van der Waals surface area contributed by atoms with E-state index in [2.05, 4.69) is 20.6 Å². The average Bonchev–Trinajstić information content (AvgIpc) is 3.06. The van der Waals surface area contributed by atoms with Crippen molar-refractivity contribution in [3.63, 3.8) is 0 Å². The molecule has 0 unspecified atom stereocenters. The van der Waals surface area contributed by atoms with Crippen molar-refractivity contribution in [1.29, 1.82) is 0 Å². The number of hydrogen-bond donors (Lipinski definition) is 2. The molecule has 150 valence electrons. The van der Waals surface area contributed by atoms with E-state index in [-0.39, 0.29) is 23.7 Å². The number of aromatic nitrogens is 3. The summed E-state index contributed by atoms with van der Waals surface area (Å²) in [5.41, 5.74) is 0.210. The molecule has 0 saturated heterocycles. The fourth-order valence-corrected chi connectivity index (χ4v) is 3.36. The van der Waals surface area contributed by atoms with Gasteiger partial charge in [0.1, 0.15) is 11.5 Å². The van der Waals surface area contributed by atoms with Gasteiger partial charge in [-0.15, -0.1) is 0 Å². The Kier molecular flexibility index (Phi) is 5.76. The number of aryl methyl sites for hydroxylation is 1. The minimum atomic E-state index is -0.499. The number of nitrogens with zero attached hydrogens (tertiary/aromatic N) is 5. The Hall–Kier alpha value is -3.17. The lowest BCUT2D eigenvalue weighted by Gasteiger charge is -2.29. The first-order valence-corrected chi connectivity index (χ1v) is 9.22. The van der Waals surface area contributed by atoms with E-state index in [9.17, 15) is 14.9 Å². The van der Waals surface area contributed by atoms with Crippen molar-refractivity contribution in [2.24, 2.45) is 7.05 Å². The minimum Gasteiger partial charge on any atom is -0.363 e. The van der Waals surface area contributed by atoms with Gasteiger partial charge in [-0.1, -0.05) is 0 Å². The van der Waals surface area contributed by atoms with Crippen LogP contribution in [0, 0.1) is 10.1 Å². The normalized spacial score (nSPS) is 19.1. The number of anilines is 2. The van der Waals surface area contributed by atoms with Crippen molar-refractivity contribution in [3.05, 3.63) is 40.3 Å². The summed E-state index contributed by atoms with van der Waals surface area (Å²) in [4.78, 5) is 33.5. The topological polar surface area (TPSA) is 118 Å². The summed E-state index contributed by atoms with van der Waals surface area (Å²) in [6.45, 7) is 0. The van der Waals surface area contributed by atoms with Crippen LogP contribution in [0.4, 0.5) is 17.5 Å². The maximum absolute atomic E-state index is 12.4.